The second kappa shape index (κ2) is 4.47. The van der Waals surface area contributed by atoms with E-state index >= 15 is 0 Å². The van der Waals surface area contributed by atoms with Gasteiger partial charge in [-0.1, -0.05) is 0 Å². The van der Waals surface area contributed by atoms with Crippen LogP contribution in [-0.4, -0.2) is 79.3 Å². The molecule has 0 atom stereocenters. The predicted octanol–water partition coefficient (Wildman–Crippen LogP) is -0.859. The zero-order valence-corrected chi connectivity index (χ0v) is 10.1. The molecule has 0 aromatic carbocycles. The number of hydrogen-bond acceptors (Lipinski definition) is 5. The van der Waals surface area contributed by atoms with Crippen LogP contribution >= 0.6 is 0 Å². The number of quaternary nitrogens is 1. The first-order chi connectivity index (χ1) is 8.73. The van der Waals surface area contributed by atoms with Gasteiger partial charge in [0.05, 0.1) is 26.4 Å². The molecule has 0 aromatic rings. The maximum absolute atomic E-state index is 12.5. The molecule has 3 saturated heterocycles. The van der Waals surface area contributed by atoms with Crippen LogP contribution in [0, 0.1) is 0 Å². The molecular formula is C10H17N4O4+. The second-order valence-electron chi connectivity index (χ2n) is 4.60. The van der Waals surface area contributed by atoms with Crippen LogP contribution in [0.3, 0.4) is 0 Å². The van der Waals surface area contributed by atoms with Crippen LogP contribution in [0.4, 0.5) is 9.59 Å². The van der Waals surface area contributed by atoms with Crippen molar-refractivity contribution < 1.29 is 23.7 Å². The van der Waals surface area contributed by atoms with E-state index in [-0.39, 0.29) is 16.7 Å². The fourth-order valence-electron chi connectivity index (χ4n) is 2.51. The lowest BCUT2D eigenvalue weighted by atomic mass is 10.4. The summed E-state index contributed by atoms with van der Waals surface area (Å²) < 4.78 is 10.5. The third-order valence-corrected chi connectivity index (χ3v) is 3.55. The summed E-state index contributed by atoms with van der Waals surface area (Å²) in [5.74, 6) is 0. The molecule has 0 unspecified atom stereocenters. The maximum Gasteiger partial charge on any atom is 0.467 e. The zero-order chi connectivity index (χ0) is 12.6. The fraction of sp³-hybridized carbons (Fsp3) is 0.800. The van der Waals surface area contributed by atoms with Crippen LogP contribution < -0.4 is 5.43 Å². The first-order valence-corrected chi connectivity index (χ1v) is 6.17. The summed E-state index contributed by atoms with van der Waals surface area (Å²) in [7, 11) is 0. The highest BCUT2D eigenvalue weighted by Crippen LogP contribution is 2.21. The first-order valence-electron chi connectivity index (χ1n) is 6.17. The molecule has 3 heterocycles. The van der Waals surface area contributed by atoms with Gasteiger partial charge in [-0.2, -0.15) is 5.43 Å². The van der Waals surface area contributed by atoms with Crippen molar-refractivity contribution in [3.8, 4) is 0 Å². The summed E-state index contributed by atoms with van der Waals surface area (Å²) in [6.45, 7) is 4.18. The Morgan fingerprint density at radius 1 is 1.00 bits per heavy atom. The van der Waals surface area contributed by atoms with Gasteiger partial charge in [-0.15, -0.1) is 9.60 Å². The van der Waals surface area contributed by atoms with Gasteiger partial charge in [-0.3, -0.25) is 0 Å². The number of imide groups is 1. The number of hydrazine groups is 1. The van der Waals surface area contributed by atoms with Crippen molar-refractivity contribution in [2.45, 2.75) is 0 Å². The minimum absolute atomic E-state index is 0.0177. The number of ether oxygens (including phenoxy) is 2. The molecule has 3 rings (SSSR count). The third-order valence-electron chi connectivity index (χ3n) is 3.55. The van der Waals surface area contributed by atoms with E-state index in [0.717, 1.165) is 0 Å². The highest BCUT2D eigenvalue weighted by atomic mass is 16.5. The largest absolute Gasteiger partial charge is 0.467 e. The number of carbonyl (C=O) groups is 2. The molecule has 3 aliphatic heterocycles. The Labute approximate surface area is 105 Å². The van der Waals surface area contributed by atoms with E-state index in [0.29, 0.717) is 52.6 Å². The van der Waals surface area contributed by atoms with Crippen LogP contribution in [0.5, 0.6) is 0 Å². The number of hydrogen-bond donors (Lipinski definition) is 1. The molecule has 8 nitrogen and oxygen atoms in total. The Morgan fingerprint density at radius 2 is 1.61 bits per heavy atom. The van der Waals surface area contributed by atoms with E-state index in [2.05, 4.69) is 5.43 Å². The predicted molar refractivity (Wildman–Crippen MR) is 59.0 cm³/mol. The second-order valence-corrected chi connectivity index (χ2v) is 4.60. The summed E-state index contributed by atoms with van der Waals surface area (Å²) in [5, 5.41) is 2.98. The number of morpholine rings is 2. The van der Waals surface area contributed by atoms with E-state index < -0.39 is 0 Å². The minimum atomic E-state index is -0.344. The lowest BCUT2D eigenvalue weighted by Crippen LogP contribution is -2.63. The Kier molecular flexibility index (Phi) is 2.94. The molecule has 4 amide bonds. The third kappa shape index (κ3) is 1.77. The van der Waals surface area contributed by atoms with Crippen molar-refractivity contribution in [1.82, 2.24) is 15.4 Å². The van der Waals surface area contributed by atoms with E-state index in [1.807, 2.05) is 0 Å². The van der Waals surface area contributed by atoms with Gasteiger partial charge < -0.3 is 9.47 Å². The lowest BCUT2D eigenvalue weighted by Gasteiger charge is -2.33. The number of nitrogens with one attached hydrogen (secondary N) is 1. The summed E-state index contributed by atoms with van der Waals surface area (Å²) in [4.78, 5) is 24.5. The molecule has 3 aliphatic rings. The van der Waals surface area contributed by atoms with Gasteiger partial charge >= 0.3 is 12.1 Å². The molecule has 1 spiro atoms. The fourth-order valence-corrected chi connectivity index (χ4v) is 2.51. The van der Waals surface area contributed by atoms with Gasteiger partial charge in [-0.25, -0.2) is 14.6 Å². The zero-order valence-electron chi connectivity index (χ0n) is 10.1. The van der Waals surface area contributed by atoms with Crippen LogP contribution in [0.25, 0.3) is 0 Å². The average molecular weight is 257 g/mol. The number of rotatable bonds is 1. The minimum Gasteiger partial charge on any atom is -0.379 e. The number of nitrogens with zero attached hydrogens (tertiary/aromatic N) is 3. The molecule has 8 heteroatoms. The van der Waals surface area contributed by atoms with E-state index in [9.17, 15) is 9.59 Å². The van der Waals surface area contributed by atoms with E-state index in [1.165, 1.54) is 5.01 Å². The van der Waals surface area contributed by atoms with Gasteiger partial charge in [-0.05, 0) is 0 Å². The van der Waals surface area contributed by atoms with E-state index in [4.69, 9.17) is 9.47 Å². The monoisotopic (exact) mass is 257 g/mol. The summed E-state index contributed by atoms with van der Waals surface area (Å²) in [6, 6.07) is -0.547. The van der Waals surface area contributed by atoms with Gasteiger partial charge in [0, 0.05) is 13.1 Å². The van der Waals surface area contributed by atoms with Crippen LogP contribution in [-0.2, 0) is 9.47 Å². The SMILES string of the molecule is O=C1N[N+]2(CCOCC2)C(=O)N1N1CCOCC1. The van der Waals surface area contributed by atoms with Crippen molar-refractivity contribution >= 4 is 12.1 Å². The van der Waals surface area contributed by atoms with Crippen molar-refractivity contribution in [2.24, 2.45) is 0 Å². The molecular weight excluding hydrogens is 240 g/mol. The molecule has 0 saturated carbocycles. The maximum atomic E-state index is 12.5. The smallest absolute Gasteiger partial charge is 0.379 e. The molecule has 0 aromatic heterocycles. The first kappa shape index (κ1) is 11.8. The van der Waals surface area contributed by atoms with Crippen molar-refractivity contribution in [3.05, 3.63) is 0 Å². The standard InChI is InChI=1S/C10H16N4O4/c15-9-11-14(3-7-18-8-4-14)10(16)13(9)12-1-5-17-6-2-12/h1-8H2/p+1. The highest BCUT2D eigenvalue weighted by Gasteiger charge is 2.55. The summed E-state index contributed by atoms with van der Waals surface area (Å²) in [6.07, 6.45) is 0. The Morgan fingerprint density at radius 3 is 2.28 bits per heavy atom. The van der Waals surface area contributed by atoms with Crippen LogP contribution in [0.2, 0.25) is 0 Å². The Balaban J connectivity index is 1.79. The summed E-state index contributed by atoms with van der Waals surface area (Å²) >= 11 is 0. The number of urea groups is 2. The van der Waals surface area contributed by atoms with Crippen molar-refractivity contribution in [2.75, 3.05) is 52.6 Å². The summed E-state index contributed by atoms with van der Waals surface area (Å²) in [5.41, 5.74) is 2.78. The quantitative estimate of drug-likeness (QED) is 0.619. The van der Waals surface area contributed by atoms with Gasteiger partial charge in [0.15, 0.2) is 0 Å². The van der Waals surface area contributed by atoms with Gasteiger partial charge in [0.25, 0.3) is 0 Å². The molecule has 0 aliphatic carbocycles. The number of carbonyl (C=O) groups excluding carboxylic acids is 2. The number of amides is 4. The lowest BCUT2D eigenvalue weighted by molar-refractivity contribution is -0.888. The molecule has 1 N–H and O–H groups in total. The van der Waals surface area contributed by atoms with Gasteiger partial charge in [0.1, 0.15) is 13.1 Å². The Hall–Kier alpha value is -1.22. The average Bonchev–Trinajstić information content (AvgIpc) is 2.63. The molecule has 0 bridgehead atoms. The highest BCUT2D eigenvalue weighted by molar-refractivity contribution is 5.93. The molecule has 100 valence electrons. The van der Waals surface area contributed by atoms with Crippen LogP contribution in [0.1, 0.15) is 0 Å². The van der Waals surface area contributed by atoms with Gasteiger partial charge in [0.2, 0.25) is 0 Å². The molecule has 0 radical (unpaired) electrons. The van der Waals surface area contributed by atoms with Crippen molar-refractivity contribution in [1.29, 1.82) is 0 Å². The van der Waals surface area contributed by atoms with Crippen molar-refractivity contribution in [3.63, 3.8) is 0 Å². The normalized spacial score (nSPS) is 28.8. The topological polar surface area (TPSA) is 71.1 Å². The van der Waals surface area contributed by atoms with Crippen LogP contribution in [0.15, 0.2) is 0 Å². The van der Waals surface area contributed by atoms with E-state index in [1.54, 1.807) is 5.01 Å². The Bertz CT molecular complexity index is 363. The molecule has 18 heavy (non-hydrogen) atoms. The molecule has 3 fully saturated rings.